The van der Waals surface area contributed by atoms with Crippen molar-refractivity contribution in [1.29, 1.82) is 0 Å². The Morgan fingerprint density at radius 2 is 1.60 bits per heavy atom. The van der Waals surface area contributed by atoms with Gasteiger partial charge in [0, 0.05) is 16.1 Å². The van der Waals surface area contributed by atoms with Gasteiger partial charge < -0.3 is 9.94 Å². The predicted octanol–water partition coefficient (Wildman–Crippen LogP) is 3.41. The second-order valence-corrected chi connectivity index (χ2v) is 4.45. The minimum Gasteiger partial charge on any atom is -0.497 e. The predicted molar refractivity (Wildman–Crippen MR) is 77.1 cm³/mol. The molecular weight excluding hydrogens is 278 g/mol. The summed E-state index contributed by atoms with van der Waals surface area (Å²) in [4.78, 5) is 12.3. The summed E-state index contributed by atoms with van der Waals surface area (Å²) >= 11 is 5.79. The van der Waals surface area contributed by atoms with Gasteiger partial charge in [0.15, 0.2) is 5.71 Å². The molecule has 0 saturated heterocycles. The number of ether oxygens (including phenoxy) is 1. The van der Waals surface area contributed by atoms with Gasteiger partial charge in [0.2, 0.25) is 5.78 Å². The number of Topliss-reactive ketones (excluding diaryl/α,β-unsaturated/α-hetero) is 1. The standard InChI is InChI=1S/C15H12ClNO3/c1-20-13-8-4-11(5-9-13)15(18)14(17-19)10-2-6-12(16)7-3-10/h2-9,19H,1H3. The first-order chi connectivity index (χ1) is 9.65. The maximum Gasteiger partial charge on any atom is 0.215 e. The molecule has 0 unspecified atom stereocenters. The van der Waals surface area contributed by atoms with E-state index in [1.807, 2.05) is 0 Å². The molecule has 4 nitrogen and oxygen atoms in total. The van der Waals surface area contributed by atoms with Crippen molar-refractivity contribution >= 4 is 23.1 Å². The van der Waals surface area contributed by atoms with Crippen LogP contribution in [0.4, 0.5) is 0 Å². The normalized spacial score (nSPS) is 11.2. The molecule has 20 heavy (non-hydrogen) atoms. The zero-order chi connectivity index (χ0) is 14.5. The molecule has 2 aromatic carbocycles. The minimum atomic E-state index is -0.377. The summed E-state index contributed by atoms with van der Waals surface area (Å²) in [5.41, 5.74) is 0.873. The first-order valence-electron chi connectivity index (χ1n) is 5.82. The summed E-state index contributed by atoms with van der Waals surface area (Å²) in [7, 11) is 1.55. The lowest BCUT2D eigenvalue weighted by Crippen LogP contribution is -2.15. The van der Waals surface area contributed by atoms with Crippen LogP contribution < -0.4 is 4.74 Å². The molecular formula is C15H12ClNO3. The number of benzene rings is 2. The zero-order valence-corrected chi connectivity index (χ0v) is 11.5. The van der Waals surface area contributed by atoms with E-state index in [-0.39, 0.29) is 11.5 Å². The molecule has 0 fully saturated rings. The van der Waals surface area contributed by atoms with Crippen molar-refractivity contribution in [2.45, 2.75) is 0 Å². The number of hydrogen-bond donors (Lipinski definition) is 1. The van der Waals surface area contributed by atoms with Gasteiger partial charge in [0.25, 0.3) is 0 Å². The molecule has 1 N–H and O–H groups in total. The van der Waals surface area contributed by atoms with E-state index in [1.54, 1.807) is 55.6 Å². The van der Waals surface area contributed by atoms with Crippen molar-refractivity contribution in [2.24, 2.45) is 5.16 Å². The fourth-order valence-corrected chi connectivity index (χ4v) is 1.85. The summed E-state index contributed by atoms with van der Waals surface area (Å²) < 4.78 is 5.03. The molecule has 102 valence electrons. The van der Waals surface area contributed by atoms with Gasteiger partial charge in [-0.25, -0.2) is 0 Å². The molecule has 2 rings (SSSR count). The fourth-order valence-electron chi connectivity index (χ4n) is 1.72. The van der Waals surface area contributed by atoms with Gasteiger partial charge in [-0.2, -0.15) is 0 Å². The van der Waals surface area contributed by atoms with Gasteiger partial charge in [-0.15, -0.1) is 0 Å². The summed E-state index contributed by atoms with van der Waals surface area (Å²) in [5, 5.41) is 12.7. The van der Waals surface area contributed by atoms with E-state index < -0.39 is 0 Å². The van der Waals surface area contributed by atoms with E-state index in [4.69, 9.17) is 21.5 Å². The summed E-state index contributed by atoms with van der Waals surface area (Å²) in [6, 6.07) is 13.1. The molecule has 0 aliphatic heterocycles. The zero-order valence-electron chi connectivity index (χ0n) is 10.7. The molecule has 0 spiro atoms. The average Bonchev–Trinajstić information content (AvgIpc) is 2.50. The van der Waals surface area contributed by atoms with Crippen LogP contribution >= 0.6 is 11.6 Å². The smallest absolute Gasteiger partial charge is 0.215 e. The van der Waals surface area contributed by atoms with Crippen LogP contribution in [-0.2, 0) is 0 Å². The molecule has 0 amide bonds. The van der Waals surface area contributed by atoms with Gasteiger partial charge in [0.1, 0.15) is 5.75 Å². The molecule has 0 atom stereocenters. The maximum atomic E-state index is 12.3. The van der Waals surface area contributed by atoms with E-state index in [2.05, 4.69) is 5.16 Å². The highest BCUT2D eigenvalue weighted by Gasteiger charge is 2.17. The monoisotopic (exact) mass is 289 g/mol. The quantitative estimate of drug-likeness (QED) is 0.406. The highest BCUT2D eigenvalue weighted by Crippen LogP contribution is 2.16. The van der Waals surface area contributed by atoms with Crippen molar-refractivity contribution < 1.29 is 14.7 Å². The van der Waals surface area contributed by atoms with Gasteiger partial charge in [-0.1, -0.05) is 28.9 Å². The van der Waals surface area contributed by atoms with Gasteiger partial charge in [-0.05, 0) is 36.4 Å². The van der Waals surface area contributed by atoms with E-state index >= 15 is 0 Å². The number of nitrogens with zero attached hydrogens (tertiary/aromatic N) is 1. The Labute approximate surface area is 121 Å². The van der Waals surface area contributed by atoms with Crippen LogP contribution in [0.2, 0.25) is 5.02 Å². The summed E-state index contributed by atoms with van der Waals surface area (Å²) in [6.07, 6.45) is 0. The van der Waals surface area contributed by atoms with Crippen molar-refractivity contribution in [1.82, 2.24) is 0 Å². The van der Waals surface area contributed by atoms with Crippen molar-refractivity contribution in [3.05, 3.63) is 64.7 Å². The van der Waals surface area contributed by atoms with E-state index in [1.165, 1.54) is 0 Å². The Morgan fingerprint density at radius 1 is 1.05 bits per heavy atom. The van der Waals surface area contributed by atoms with Crippen molar-refractivity contribution in [3.63, 3.8) is 0 Å². The van der Waals surface area contributed by atoms with Crippen LogP contribution in [0.25, 0.3) is 0 Å². The average molecular weight is 290 g/mol. The lowest BCUT2D eigenvalue weighted by atomic mass is 10.0. The fraction of sp³-hybridized carbons (Fsp3) is 0.0667. The Kier molecular flexibility index (Phi) is 4.38. The Hall–Kier alpha value is -2.33. The van der Waals surface area contributed by atoms with E-state index in [0.29, 0.717) is 21.9 Å². The van der Waals surface area contributed by atoms with Crippen LogP contribution in [0, 0.1) is 0 Å². The molecule has 0 aliphatic carbocycles. The highest BCUT2D eigenvalue weighted by atomic mass is 35.5. The highest BCUT2D eigenvalue weighted by molar-refractivity contribution is 6.51. The Balaban J connectivity index is 2.31. The Bertz CT molecular complexity index is 633. The van der Waals surface area contributed by atoms with Crippen LogP contribution in [0.15, 0.2) is 53.7 Å². The maximum absolute atomic E-state index is 12.3. The molecule has 0 aromatic heterocycles. The number of halogens is 1. The van der Waals surface area contributed by atoms with Crippen LogP contribution in [0.3, 0.4) is 0 Å². The van der Waals surface area contributed by atoms with Crippen molar-refractivity contribution in [2.75, 3.05) is 7.11 Å². The molecule has 0 radical (unpaired) electrons. The van der Waals surface area contributed by atoms with Gasteiger partial charge in [-0.3, -0.25) is 4.79 Å². The van der Waals surface area contributed by atoms with Crippen LogP contribution in [0.5, 0.6) is 5.75 Å². The first kappa shape index (κ1) is 14.1. The lowest BCUT2D eigenvalue weighted by molar-refractivity contribution is 0.106. The van der Waals surface area contributed by atoms with E-state index in [0.717, 1.165) is 0 Å². The van der Waals surface area contributed by atoms with Crippen LogP contribution in [0.1, 0.15) is 15.9 Å². The first-order valence-corrected chi connectivity index (χ1v) is 6.20. The lowest BCUT2D eigenvalue weighted by Gasteiger charge is -2.05. The molecule has 0 heterocycles. The number of methoxy groups -OCH3 is 1. The largest absolute Gasteiger partial charge is 0.497 e. The number of carbonyl (C=O) groups is 1. The third-order valence-electron chi connectivity index (χ3n) is 2.78. The molecule has 0 saturated carbocycles. The molecule has 0 aliphatic rings. The van der Waals surface area contributed by atoms with E-state index in [9.17, 15) is 4.79 Å². The third kappa shape index (κ3) is 2.97. The SMILES string of the molecule is COc1ccc(C(=O)C(=NO)c2ccc(Cl)cc2)cc1. The summed E-state index contributed by atoms with van der Waals surface area (Å²) in [5.74, 6) is 0.271. The van der Waals surface area contributed by atoms with Crippen LogP contribution in [-0.4, -0.2) is 23.8 Å². The van der Waals surface area contributed by atoms with Crippen molar-refractivity contribution in [3.8, 4) is 5.75 Å². The summed E-state index contributed by atoms with van der Waals surface area (Å²) in [6.45, 7) is 0. The molecule has 2 aromatic rings. The number of oxime groups is 1. The number of rotatable bonds is 4. The number of carbonyl (C=O) groups excluding carboxylic acids is 1. The number of hydrogen-bond acceptors (Lipinski definition) is 4. The topological polar surface area (TPSA) is 58.9 Å². The van der Waals surface area contributed by atoms with Gasteiger partial charge >= 0.3 is 0 Å². The third-order valence-corrected chi connectivity index (χ3v) is 3.04. The second-order valence-electron chi connectivity index (χ2n) is 4.01. The molecule has 5 heteroatoms. The Morgan fingerprint density at radius 3 is 2.10 bits per heavy atom. The minimum absolute atomic E-state index is 0.0353. The second kappa shape index (κ2) is 6.21. The van der Waals surface area contributed by atoms with Gasteiger partial charge in [0.05, 0.1) is 7.11 Å². The number of ketones is 1. The molecule has 0 bridgehead atoms.